The van der Waals surface area contributed by atoms with Gasteiger partial charge in [-0.3, -0.25) is 0 Å². The van der Waals surface area contributed by atoms with Crippen LogP contribution in [0.3, 0.4) is 0 Å². The minimum Gasteiger partial charge on any atom is -0.388 e. The molecule has 0 bridgehead atoms. The highest BCUT2D eigenvalue weighted by atomic mass is 16.3. The van der Waals surface area contributed by atoms with E-state index in [1.54, 1.807) is 0 Å². The lowest BCUT2D eigenvalue weighted by molar-refractivity contribution is 0.140. The number of hydrogen-bond acceptors (Lipinski definition) is 2. The molecule has 1 aliphatic rings. The normalized spacial score (nSPS) is 28.6. The van der Waals surface area contributed by atoms with E-state index >= 15 is 0 Å². The topological polar surface area (TPSA) is 32.3 Å². The lowest BCUT2D eigenvalue weighted by Gasteiger charge is -2.20. The molecule has 84 valence electrons. The molecule has 2 N–H and O–H groups in total. The van der Waals surface area contributed by atoms with Crippen molar-refractivity contribution in [3.05, 3.63) is 54.1 Å². The Morgan fingerprint density at radius 3 is 2.94 bits per heavy atom. The molecule has 2 heteroatoms. The second-order valence-corrected chi connectivity index (χ2v) is 4.09. The Morgan fingerprint density at radius 1 is 1.25 bits per heavy atom. The highest BCUT2D eigenvalue weighted by Gasteiger charge is 2.16. The second-order valence-electron chi connectivity index (χ2n) is 4.09. The first-order valence-electron chi connectivity index (χ1n) is 5.63. The predicted molar refractivity (Wildman–Crippen MR) is 67.3 cm³/mol. The van der Waals surface area contributed by atoms with Gasteiger partial charge in [0.05, 0.1) is 6.10 Å². The Bertz CT molecular complexity index is 409. The molecule has 1 aliphatic heterocycles. The first kappa shape index (κ1) is 11.0. The predicted octanol–water partition coefficient (Wildman–Crippen LogP) is 2.89. The molecule has 1 aromatic carbocycles. The molecule has 0 aliphatic carbocycles. The molecule has 0 fully saturated rings. The number of fused-ring (bicyclic) bond motifs is 1. The van der Waals surface area contributed by atoms with Crippen LogP contribution in [0.25, 0.3) is 0 Å². The molecule has 2 nitrogen and oxygen atoms in total. The summed E-state index contributed by atoms with van der Waals surface area (Å²) in [7, 11) is 0. The third kappa shape index (κ3) is 2.34. The number of rotatable bonds is 0. The lowest BCUT2D eigenvalue weighted by atomic mass is 9.95. The van der Waals surface area contributed by atoms with E-state index in [4.69, 9.17) is 0 Å². The number of para-hydroxylation sites is 1. The molecular weight excluding hydrogens is 198 g/mol. The Labute approximate surface area is 96.3 Å². The molecule has 1 aromatic rings. The molecule has 2 atom stereocenters. The first-order valence-corrected chi connectivity index (χ1v) is 5.63. The maximum absolute atomic E-state index is 10.2. The fourth-order valence-corrected chi connectivity index (χ4v) is 1.86. The molecule has 16 heavy (non-hydrogen) atoms. The van der Waals surface area contributed by atoms with E-state index in [2.05, 4.69) is 11.4 Å². The molecule has 0 saturated heterocycles. The fourth-order valence-electron chi connectivity index (χ4n) is 1.86. The van der Waals surface area contributed by atoms with Gasteiger partial charge in [-0.1, -0.05) is 49.4 Å². The number of benzene rings is 1. The molecule has 0 spiro atoms. The van der Waals surface area contributed by atoms with Crippen molar-refractivity contribution in [1.82, 2.24) is 0 Å². The lowest BCUT2D eigenvalue weighted by Crippen LogP contribution is -2.11. The van der Waals surface area contributed by atoms with Crippen molar-refractivity contribution in [3.63, 3.8) is 0 Å². The smallest absolute Gasteiger partial charge is 0.0869 e. The SMILES string of the molecule is CC1/C=C\C=C/CNc2ccccc2C1O. The van der Waals surface area contributed by atoms with E-state index in [1.807, 2.05) is 49.4 Å². The minimum absolute atomic E-state index is 0.116. The van der Waals surface area contributed by atoms with Gasteiger partial charge in [-0.25, -0.2) is 0 Å². The Hall–Kier alpha value is -1.54. The van der Waals surface area contributed by atoms with E-state index in [-0.39, 0.29) is 5.92 Å². The van der Waals surface area contributed by atoms with Crippen molar-refractivity contribution in [3.8, 4) is 0 Å². The van der Waals surface area contributed by atoms with Crippen LogP contribution in [0, 0.1) is 5.92 Å². The molecule has 0 radical (unpaired) electrons. The molecule has 1 heterocycles. The largest absolute Gasteiger partial charge is 0.388 e. The maximum Gasteiger partial charge on any atom is 0.0869 e. The van der Waals surface area contributed by atoms with Crippen LogP contribution in [-0.2, 0) is 0 Å². The van der Waals surface area contributed by atoms with Gasteiger partial charge in [0.2, 0.25) is 0 Å². The van der Waals surface area contributed by atoms with Crippen molar-refractivity contribution in [1.29, 1.82) is 0 Å². The zero-order chi connectivity index (χ0) is 11.4. The number of anilines is 1. The van der Waals surface area contributed by atoms with E-state index in [0.29, 0.717) is 0 Å². The molecular formula is C14H17NO. The summed E-state index contributed by atoms with van der Waals surface area (Å²) in [6, 6.07) is 7.92. The Morgan fingerprint density at radius 2 is 2.06 bits per heavy atom. The second kappa shape index (κ2) is 4.99. The van der Waals surface area contributed by atoms with Crippen LogP contribution in [0.1, 0.15) is 18.6 Å². The fraction of sp³-hybridized carbons (Fsp3) is 0.286. The maximum atomic E-state index is 10.2. The minimum atomic E-state index is -0.452. The Balaban J connectivity index is 2.38. The average Bonchev–Trinajstić information content (AvgIpc) is 2.32. The summed E-state index contributed by atoms with van der Waals surface area (Å²) >= 11 is 0. The van der Waals surface area contributed by atoms with Crippen LogP contribution in [-0.4, -0.2) is 11.7 Å². The van der Waals surface area contributed by atoms with Crippen LogP contribution in [0.4, 0.5) is 5.69 Å². The van der Waals surface area contributed by atoms with Crippen LogP contribution < -0.4 is 5.32 Å². The van der Waals surface area contributed by atoms with Crippen molar-refractivity contribution in [2.75, 3.05) is 11.9 Å². The highest BCUT2D eigenvalue weighted by Crippen LogP contribution is 2.29. The van der Waals surface area contributed by atoms with Gasteiger partial charge in [-0.2, -0.15) is 0 Å². The first-order chi connectivity index (χ1) is 7.79. The van der Waals surface area contributed by atoms with Gasteiger partial charge in [-0.05, 0) is 6.07 Å². The third-order valence-corrected chi connectivity index (χ3v) is 2.85. The average molecular weight is 215 g/mol. The zero-order valence-corrected chi connectivity index (χ0v) is 9.43. The number of allylic oxidation sites excluding steroid dienone is 2. The van der Waals surface area contributed by atoms with Crippen molar-refractivity contribution in [2.24, 2.45) is 5.92 Å². The van der Waals surface area contributed by atoms with Gasteiger partial charge < -0.3 is 10.4 Å². The van der Waals surface area contributed by atoms with Gasteiger partial charge in [0.15, 0.2) is 0 Å². The van der Waals surface area contributed by atoms with Crippen LogP contribution >= 0.6 is 0 Å². The van der Waals surface area contributed by atoms with Gasteiger partial charge in [0, 0.05) is 23.7 Å². The summed E-state index contributed by atoms with van der Waals surface area (Å²) in [4.78, 5) is 0. The van der Waals surface area contributed by atoms with Gasteiger partial charge in [0.1, 0.15) is 0 Å². The van der Waals surface area contributed by atoms with Gasteiger partial charge in [-0.15, -0.1) is 0 Å². The number of nitrogens with one attached hydrogen (secondary N) is 1. The molecule has 2 rings (SSSR count). The monoisotopic (exact) mass is 215 g/mol. The summed E-state index contributed by atoms with van der Waals surface area (Å²) in [6.07, 6.45) is 7.64. The summed E-state index contributed by atoms with van der Waals surface area (Å²) in [6.45, 7) is 2.80. The van der Waals surface area contributed by atoms with Gasteiger partial charge in [0.25, 0.3) is 0 Å². The number of aliphatic hydroxyl groups is 1. The summed E-state index contributed by atoms with van der Waals surface area (Å²) in [5, 5.41) is 13.5. The Kier molecular flexibility index (Phi) is 3.42. The van der Waals surface area contributed by atoms with E-state index < -0.39 is 6.10 Å². The summed E-state index contributed by atoms with van der Waals surface area (Å²) in [5.41, 5.74) is 1.98. The van der Waals surface area contributed by atoms with E-state index in [9.17, 15) is 5.11 Å². The van der Waals surface area contributed by atoms with Crippen molar-refractivity contribution in [2.45, 2.75) is 13.0 Å². The number of hydrogen-bond donors (Lipinski definition) is 2. The van der Waals surface area contributed by atoms with Crippen molar-refractivity contribution >= 4 is 5.69 Å². The standard InChI is InChI=1S/C14H17NO/c1-11-7-3-2-6-10-15-13-9-5-4-8-12(13)14(11)16/h2-9,11,14-16H,10H2,1H3/b6-2-,7-3-. The quantitative estimate of drug-likeness (QED) is 0.697. The number of aliphatic hydroxyl groups excluding tert-OH is 1. The summed E-state index contributed by atoms with van der Waals surface area (Å²) in [5.74, 6) is 0.116. The zero-order valence-electron chi connectivity index (χ0n) is 9.43. The highest BCUT2D eigenvalue weighted by molar-refractivity contribution is 5.53. The van der Waals surface area contributed by atoms with Crippen LogP contribution in [0.15, 0.2) is 48.6 Å². The van der Waals surface area contributed by atoms with E-state index in [0.717, 1.165) is 17.8 Å². The summed E-state index contributed by atoms with van der Waals surface area (Å²) < 4.78 is 0. The van der Waals surface area contributed by atoms with Crippen molar-refractivity contribution < 1.29 is 5.11 Å². The molecule has 0 aromatic heterocycles. The van der Waals surface area contributed by atoms with Crippen LogP contribution in [0.2, 0.25) is 0 Å². The molecule has 0 amide bonds. The van der Waals surface area contributed by atoms with E-state index in [1.165, 1.54) is 0 Å². The third-order valence-electron chi connectivity index (χ3n) is 2.85. The van der Waals surface area contributed by atoms with Gasteiger partial charge >= 0.3 is 0 Å². The molecule has 0 saturated carbocycles. The van der Waals surface area contributed by atoms with Crippen LogP contribution in [0.5, 0.6) is 0 Å². The molecule has 2 unspecified atom stereocenters.